The van der Waals surface area contributed by atoms with E-state index < -0.39 is 5.97 Å². The summed E-state index contributed by atoms with van der Waals surface area (Å²) in [4.78, 5) is 10.6. The monoisotopic (exact) mass is 360 g/mol. The smallest absolute Gasteiger partial charge is 0.329 e. The minimum absolute atomic E-state index is 0.0759. The largest absolute Gasteiger partial charge is 0.496 e. The number of fused-ring (bicyclic) bond motifs is 1. The van der Waals surface area contributed by atoms with E-state index in [2.05, 4.69) is 0 Å². The molecule has 0 heterocycles. The van der Waals surface area contributed by atoms with Crippen LogP contribution in [0.15, 0.2) is 36.4 Å². The molecule has 2 aromatic rings. The van der Waals surface area contributed by atoms with Crippen LogP contribution in [0.5, 0.6) is 11.5 Å². The Morgan fingerprint density at radius 1 is 1.27 bits per heavy atom. The van der Waals surface area contributed by atoms with Gasteiger partial charge in [-0.1, -0.05) is 12.1 Å². The second kappa shape index (κ2) is 8.19. The minimum Gasteiger partial charge on any atom is -0.496 e. The average molecular weight is 360 g/mol. The van der Waals surface area contributed by atoms with Crippen LogP contribution in [0.3, 0.4) is 0 Å². The highest BCUT2D eigenvalue weighted by Crippen LogP contribution is 2.28. The SMILES string of the molecule is COc1cccc(F)c1COc1ccc2c(c1)CCC(OCC(=O)O)C2. The predicted octanol–water partition coefficient (Wildman–Crippen LogP) is 3.37. The number of carboxylic acids is 1. The number of carboxylic acid groups (broad SMARTS) is 1. The zero-order valence-corrected chi connectivity index (χ0v) is 14.5. The molecule has 2 aromatic carbocycles. The van der Waals surface area contributed by atoms with E-state index >= 15 is 0 Å². The van der Waals surface area contributed by atoms with Gasteiger partial charge in [0.25, 0.3) is 0 Å². The third-order valence-electron chi connectivity index (χ3n) is 4.48. The highest BCUT2D eigenvalue weighted by molar-refractivity contribution is 5.68. The van der Waals surface area contributed by atoms with Crippen molar-refractivity contribution in [2.75, 3.05) is 13.7 Å². The maximum absolute atomic E-state index is 14.0. The van der Waals surface area contributed by atoms with E-state index in [4.69, 9.17) is 19.3 Å². The molecule has 0 saturated carbocycles. The number of benzene rings is 2. The van der Waals surface area contributed by atoms with Gasteiger partial charge in [0.05, 0.1) is 18.8 Å². The molecule has 0 bridgehead atoms. The van der Waals surface area contributed by atoms with E-state index in [0.717, 1.165) is 24.0 Å². The first-order valence-electron chi connectivity index (χ1n) is 8.46. The van der Waals surface area contributed by atoms with Gasteiger partial charge in [0.15, 0.2) is 0 Å². The van der Waals surface area contributed by atoms with Gasteiger partial charge >= 0.3 is 5.97 Å². The zero-order chi connectivity index (χ0) is 18.5. The van der Waals surface area contributed by atoms with Gasteiger partial charge in [0.2, 0.25) is 0 Å². The van der Waals surface area contributed by atoms with Crippen molar-refractivity contribution in [3.8, 4) is 11.5 Å². The molecule has 1 N–H and O–H groups in total. The summed E-state index contributed by atoms with van der Waals surface area (Å²) in [6.45, 7) is -0.190. The van der Waals surface area contributed by atoms with Gasteiger partial charge in [-0.25, -0.2) is 9.18 Å². The second-order valence-electron chi connectivity index (χ2n) is 6.21. The van der Waals surface area contributed by atoms with Crippen molar-refractivity contribution in [3.63, 3.8) is 0 Å². The lowest BCUT2D eigenvalue weighted by Crippen LogP contribution is -2.25. The number of rotatable bonds is 7. The third-order valence-corrected chi connectivity index (χ3v) is 4.48. The van der Waals surface area contributed by atoms with Crippen LogP contribution < -0.4 is 9.47 Å². The second-order valence-corrected chi connectivity index (χ2v) is 6.21. The van der Waals surface area contributed by atoms with Crippen LogP contribution in [-0.2, 0) is 29.0 Å². The molecule has 0 aliphatic heterocycles. The molecule has 1 aliphatic rings. The van der Waals surface area contributed by atoms with Gasteiger partial charge in [-0.3, -0.25) is 0 Å². The van der Waals surface area contributed by atoms with E-state index in [0.29, 0.717) is 23.5 Å². The number of aliphatic carboxylic acids is 1. The lowest BCUT2D eigenvalue weighted by molar-refractivity contribution is -0.144. The summed E-state index contributed by atoms with van der Waals surface area (Å²) in [6.07, 6.45) is 2.17. The van der Waals surface area contributed by atoms with Crippen LogP contribution in [0.1, 0.15) is 23.1 Å². The van der Waals surface area contributed by atoms with E-state index in [1.165, 1.54) is 13.2 Å². The van der Waals surface area contributed by atoms with Crippen molar-refractivity contribution in [2.24, 2.45) is 0 Å². The Hall–Kier alpha value is -2.60. The molecule has 6 heteroatoms. The Morgan fingerprint density at radius 2 is 2.12 bits per heavy atom. The van der Waals surface area contributed by atoms with Crippen molar-refractivity contribution in [1.82, 2.24) is 0 Å². The molecule has 5 nitrogen and oxygen atoms in total. The summed E-state index contributed by atoms with van der Waals surface area (Å²) in [6, 6.07) is 10.4. The Kier molecular flexibility index (Phi) is 5.73. The van der Waals surface area contributed by atoms with Gasteiger partial charge in [-0.15, -0.1) is 0 Å². The van der Waals surface area contributed by atoms with Crippen LogP contribution in [0.2, 0.25) is 0 Å². The summed E-state index contributed by atoms with van der Waals surface area (Å²) in [5, 5.41) is 8.71. The number of hydrogen-bond acceptors (Lipinski definition) is 4. The van der Waals surface area contributed by atoms with E-state index in [1.54, 1.807) is 12.1 Å². The first-order chi connectivity index (χ1) is 12.6. The number of aryl methyl sites for hydroxylation is 1. The lowest BCUT2D eigenvalue weighted by atomic mass is 9.89. The number of carbonyl (C=O) groups is 1. The quantitative estimate of drug-likeness (QED) is 0.820. The Labute approximate surface area is 151 Å². The Morgan fingerprint density at radius 3 is 2.88 bits per heavy atom. The zero-order valence-electron chi connectivity index (χ0n) is 14.5. The molecule has 1 atom stereocenters. The summed E-state index contributed by atoms with van der Waals surface area (Å²) < 4.78 is 30.3. The first kappa shape index (κ1) is 18.2. The first-order valence-corrected chi connectivity index (χ1v) is 8.46. The fourth-order valence-electron chi connectivity index (χ4n) is 3.14. The molecule has 3 rings (SSSR count). The topological polar surface area (TPSA) is 65.0 Å². The van der Waals surface area contributed by atoms with Crippen LogP contribution >= 0.6 is 0 Å². The molecule has 0 radical (unpaired) electrons. The van der Waals surface area contributed by atoms with Crippen LogP contribution in [0, 0.1) is 5.82 Å². The average Bonchev–Trinajstić information content (AvgIpc) is 2.64. The van der Waals surface area contributed by atoms with E-state index in [9.17, 15) is 9.18 Å². The standard InChI is InChI=1S/C20H21FO5/c1-24-19-4-2-3-18(21)17(19)11-25-15-7-5-14-10-16(26-12-20(22)23)8-6-13(14)9-15/h2-5,7,9,16H,6,8,10-12H2,1H3,(H,22,23). The molecule has 0 spiro atoms. The molecule has 26 heavy (non-hydrogen) atoms. The van der Waals surface area contributed by atoms with Gasteiger partial charge in [0, 0.05) is 0 Å². The number of hydrogen-bond donors (Lipinski definition) is 1. The third kappa shape index (κ3) is 4.32. The molecule has 0 amide bonds. The molecule has 1 aliphatic carbocycles. The van der Waals surface area contributed by atoms with Gasteiger partial charge in [0.1, 0.15) is 30.5 Å². The molecular formula is C20H21FO5. The van der Waals surface area contributed by atoms with Crippen molar-refractivity contribution >= 4 is 5.97 Å². The van der Waals surface area contributed by atoms with Crippen LogP contribution in [0.4, 0.5) is 4.39 Å². The van der Waals surface area contributed by atoms with E-state index in [1.807, 2.05) is 18.2 Å². The molecule has 138 valence electrons. The number of halogens is 1. The van der Waals surface area contributed by atoms with Crippen LogP contribution in [-0.4, -0.2) is 30.9 Å². The normalized spacial score (nSPS) is 16.0. The summed E-state index contributed by atoms with van der Waals surface area (Å²) in [5.74, 6) is -0.191. The highest BCUT2D eigenvalue weighted by Gasteiger charge is 2.20. The molecule has 1 unspecified atom stereocenters. The number of methoxy groups -OCH3 is 1. The molecular weight excluding hydrogens is 339 g/mol. The highest BCUT2D eigenvalue weighted by atomic mass is 19.1. The van der Waals surface area contributed by atoms with Gasteiger partial charge < -0.3 is 19.3 Å². The van der Waals surface area contributed by atoms with Gasteiger partial charge in [-0.2, -0.15) is 0 Å². The Bertz CT molecular complexity index is 790. The summed E-state index contributed by atoms with van der Waals surface area (Å²) in [5.41, 5.74) is 2.66. The fourth-order valence-corrected chi connectivity index (χ4v) is 3.14. The van der Waals surface area contributed by atoms with Crippen molar-refractivity contribution in [1.29, 1.82) is 0 Å². The summed E-state index contributed by atoms with van der Waals surface area (Å²) >= 11 is 0. The Balaban J connectivity index is 1.65. The van der Waals surface area contributed by atoms with Crippen molar-refractivity contribution in [2.45, 2.75) is 32.0 Å². The predicted molar refractivity (Wildman–Crippen MR) is 93.1 cm³/mol. The van der Waals surface area contributed by atoms with Gasteiger partial charge in [-0.05, 0) is 54.7 Å². The van der Waals surface area contributed by atoms with E-state index in [-0.39, 0.29) is 25.1 Å². The maximum Gasteiger partial charge on any atom is 0.329 e. The molecule has 0 saturated heterocycles. The van der Waals surface area contributed by atoms with Crippen LogP contribution in [0.25, 0.3) is 0 Å². The van der Waals surface area contributed by atoms with Crippen molar-refractivity contribution < 1.29 is 28.5 Å². The molecule has 0 fully saturated rings. The lowest BCUT2D eigenvalue weighted by Gasteiger charge is -2.24. The molecule has 0 aromatic heterocycles. The number of ether oxygens (including phenoxy) is 3. The minimum atomic E-state index is -0.955. The van der Waals surface area contributed by atoms with Crippen molar-refractivity contribution in [3.05, 3.63) is 58.9 Å². The fraction of sp³-hybridized carbons (Fsp3) is 0.350. The summed E-state index contributed by atoms with van der Waals surface area (Å²) in [7, 11) is 1.50. The maximum atomic E-state index is 14.0.